The summed E-state index contributed by atoms with van der Waals surface area (Å²) < 4.78 is 10.4. The monoisotopic (exact) mass is 447 g/mol. The number of carbonyl (C=O) groups is 1. The lowest BCUT2D eigenvalue weighted by Crippen LogP contribution is -2.35. The van der Waals surface area contributed by atoms with Crippen LogP contribution in [0.3, 0.4) is 0 Å². The highest BCUT2D eigenvalue weighted by Gasteiger charge is 2.35. The van der Waals surface area contributed by atoms with Gasteiger partial charge in [-0.05, 0) is 72.5 Å². The zero-order valence-corrected chi connectivity index (χ0v) is 19.2. The van der Waals surface area contributed by atoms with Crippen LogP contribution in [0, 0.1) is 0 Å². The number of carbonyl (C=O) groups excluding carboxylic acids is 1. The minimum absolute atomic E-state index is 0.191. The molecule has 32 heavy (non-hydrogen) atoms. The summed E-state index contributed by atoms with van der Waals surface area (Å²) in [5.41, 5.74) is 6.18. The van der Waals surface area contributed by atoms with E-state index in [0.29, 0.717) is 11.3 Å². The Kier molecular flexibility index (Phi) is 5.35. The minimum atomic E-state index is -0.346. The topological polar surface area (TPSA) is 59.0 Å². The molecule has 1 aliphatic carbocycles. The van der Waals surface area contributed by atoms with E-state index >= 15 is 0 Å². The van der Waals surface area contributed by atoms with Gasteiger partial charge in [-0.1, -0.05) is 30.0 Å². The molecule has 164 valence electrons. The zero-order chi connectivity index (χ0) is 22.4. The molecule has 0 saturated carbocycles. The smallest absolute Gasteiger partial charge is 0.339 e. The summed E-state index contributed by atoms with van der Waals surface area (Å²) in [5, 5.41) is 11.0. The molecule has 0 fully saturated rings. The fraction of sp³-hybridized carbons (Fsp3) is 0.269. The molecule has 0 spiro atoms. The molecule has 1 atom stereocenters. The molecule has 0 unspecified atom stereocenters. The first-order chi connectivity index (χ1) is 15.5. The number of benzene rings is 3. The van der Waals surface area contributed by atoms with Gasteiger partial charge in [0.25, 0.3) is 0 Å². The number of hydrogen-bond donors (Lipinski definition) is 1. The molecular weight excluding hydrogens is 422 g/mol. The predicted molar refractivity (Wildman–Crippen MR) is 125 cm³/mol. The Hall–Kier alpha value is -2.96. The molecule has 0 amide bonds. The van der Waals surface area contributed by atoms with Gasteiger partial charge in [0.05, 0.1) is 19.8 Å². The lowest BCUT2D eigenvalue weighted by Gasteiger charge is -2.40. The number of aromatic hydroxyl groups is 1. The summed E-state index contributed by atoms with van der Waals surface area (Å²) >= 11 is 1.55. The maximum Gasteiger partial charge on any atom is 0.339 e. The lowest BCUT2D eigenvalue weighted by atomic mass is 9.77. The van der Waals surface area contributed by atoms with Crippen LogP contribution in [0.1, 0.15) is 33.1 Å². The average Bonchev–Trinajstić information content (AvgIpc) is 2.81. The first-order valence-corrected chi connectivity index (χ1v) is 11.4. The van der Waals surface area contributed by atoms with Crippen LogP contribution >= 0.6 is 11.8 Å². The van der Waals surface area contributed by atoms with Gasteiger partial charge in [-0.3, -0.25) is 4.90 Å². The third-order valence-corrected chi connectivity index (χ3v) is 7.54. The summed E-state index contributed by atoms with van der Waals surface area (Å²) in [5.74, 6) is 0.326. The first-order valence-electron chi connectivity index (χ1n) is 10.6. The number of hydrogen-bond acceptors (Lipinski definition) is 6. The second-order valence-corrected chi connectivity index (χ2v) is 9.35. The first kappa shape index (κ1) is 20.9. The van der Waals surface area contributed by atoms with Crippen LogP contribution in [0.2, 0.25) is 0 Å². The van der Waals surface area contributed by atoms with Gasteiger partial charge < -0.3 is 14.6 Å². The van der Waals surface area contributed by atoms with Gasteiger partial charge in [-0.25, -0.2) is 4.79 Å². The molecule has 0 radical (unpaired) electrons. The van der Waals surface area contributed by atoms with Crippen LogP contribution in [0.25, 0.3) is 11.1 Å². The highest BCUT2D eigenvalue weighted by atomic mass is 32.2. The fourth-order valence-corrected chi connectivity index (χ4v) is 5.94. The molecule has 3 aromatic rings. The van der Waals surface area contributed by atoms with Crippen molar-refractivity contribution in [2.24, 2.45) is 0 Å². The molecule has 1 aliphatic heterocycles. The van der Waals surface area contributed by atoms with Crippen molar-refractivity contribution >= 4 is 17.7 Å². The third kappa shape index (κ3) is 3.34. The second kappa shape index (κ2) is 8.19. The molecule has 2 aliphatic rings. The van der Waals surface area contributed by atoms with Crippen LogP contribution in [-0.4, -0.2) is 43.8 Å². The van der Waals surface area contributed by atoms with Gasteiger partial charge in [-0.2, -0.15) is 0 Å². The Morgan fingerprint density at radius 2 is 1.94 bits per heavy atom. The van der Waals surface area contributed by atoms with Crippen LogP contribution in [0.15, 0.2) is 58.3 Å². The van der Waals surface area contributed by atoms with Crippen LogP contribution in [-0.2, 0) is 17.6 Å². The molecule has 0 saturated heterocycles. The van der Waals surface area contributed by atoms with E-state index in [1.165, 1.54) is 18.2 Å². The number of phenols is 1. The van der Waals surface area contributed by atoms with Crippen LogP contribution < -0.4 is 4.74 Å². The lowest BCUT2D eigenvalue weighted by molar-refractivity contribution is 0.0597. The molecule has 0 aromatic heterocycles. The van der Waals surface area contributed by atoms with Crippen LogP contribution in [0.5, 0.6) is 11.5 Å². The maximum atomic E-state index is 12.3. The number of phenolic OH excluding ortho intramolecular Hbond substituents is 1. The summed E-state index contributed by atoms with van der Waals surface area (Å²) in [6, 6.07) is 16.1. The molecule has 5 nitrogen and oxygen atoms in total. The van der Waals surface area contributed by atoms with Crippen molar-refractivity contribution < 1.29 is 19.4 Å². The summed E-state index contributed by atoms with van der Waals surface area (Å²) in [4.78, 5) is 16.5. The van der Waals surface area contributed by atoms with E-state index < -0.39 is 0 Å². The molecule has 5 rings (SSSR count). The van der Waals surface area contributed by atoms with E-state index in [0.717, 1.165) is 45.9 Å². The van der Waals surface area contributed by atoms with Crippen molar-refractivity contribution in [2.45, 2.75) is 28.7 Å². The molecule has 6 heteroatoms. The van der Waals surface area contributed by atoms with Crippen molar-refractivity contribution in [2.75, 3.05) is 27.8 Å². The standard InChI is InChI=1S/C26H25NO4S/c1-27-11-10-16-12-17(32-22-7-5-4-6-18(22)26(29)31-3)14-19-23(16)20(27)13-15-8-9-21(30-2)25(28)24(15)19/h4-9,12,14,20,28H,10-11,13H2,1-3H3/t20-/m1/s1. The Balaban J connectivity index is 1.68. The number of rotatable bonds is 4. The van der Waals surface area contributed by atoms with Gasteiger partial charge in [0.2, 0.25) is 0 Å². The molecule has 0 bridgehead atoms. The predicted octanol–water partition coefficient (Wildman–Crippen LogP) is 5.09. The Labute approximate surface area is 192 Å². The van der Waals surface area contributed by atoms with Gasteiger partial charge in [0.15, 0.2) is 11.5 Å². The Morgan fingerprint density at radius 3 is 2.72 bits per heavy atom. The van der Waals surface area contributed by atoms with Crippen molar-refractivity contribution in [3.8, 4) is 22.6 Å². The maximum absolute atomic E-state index is 12.3. The van der Waals surface area contributed by atoms with E-state index in [9.17, 15) is 9.90 Å². The van der Waals surface area contributed by atoms with E-state index in [1.54, 1.807) is 24.9 Å². The number of nitrogens with zero attached hydrogens (tertiary/aromatic N) is 1. The Bertz CT molecular complexity index is 1220. The number of fused-ring (bicyclic) bond motifs is 2. The van der Waals surface area contributed by atoms with Gasteiger partial charge in [-0.15, -0.1) is 0 Å². The van der Waals surface area contributed by atoms with E-state index in [1.807, 2.05) is 24.3 Å². The average molecular weight is 448 g/mol. The zero-order valence-electron chi connectivity index (χ0n) is 18.3. The second-order valence-electron chi connectivity index (χ2n) is 8.23. The number of likely N-dealkylation sites (N-methyl/N-ethyl adjacent to an activating group) is 1. The molecule has 1 N–H and O–H groups in total. The quantitative estimate of drug-likeness (QED) is 0.562. The van der Waals surface area contributed by atoms with Crippen molar-refractivity contribution in [1.29, 1.82) is 0 Å². The highest BCUT2D eigenvalue weighted by molar-refractivity contribution is 7.99. The van der Waals surface area contributed by atoms with Gasteiger partial charge in [0.1, 0.15) is 0 Å². The van der Waals surface area contributed by atoms with Gasteiger partial charge >= 0.3 is 5.97 Å². The largest absolute Gasteiger partial charge is 0.504 e. The molecule has 3 aromatic carbocycles. The minimum Gasteiger partial charge on any atom is -0.504 e. The van der Waals surface area contributed by atoms with Crippen molar-refractivity contribution in [3.05, 3.63) is 70.8 Å². The molecule has 1 heterocycles. The Morgan fingerprint density at radius 1 is 1.12 bits per heavy atom. The van der Waals surface area contributed by atoms with E-state index in [4.69, 9.17) is 9.47 Å². The van der Waals surface area contributed by atoms with Crippen molar-refractivity contribution in [3.63, 3.8) is 0 Å². The number of ether oxygens (including phenoxy) is 2. The summed E-state index contributed by atoms with van der Waals surface area (Å²) in [6.45, 7) is 0.988. The third-order valence-electron chi connectivity index (χ3n) is 6.49. The normalized spacial score (nSPS) is 16.8. The highest BCUT2D eigenvalue weighted by Crippen LogP contribution is 2.51. The fourth-order valence-electron chi connectivity index (χ4n) is 4.90. The van der Waals surface area contributed by atoms with Crippen LogP contribution in [0.4, 0.5) is 0 Å². The summed E-state index contributed by atoms with van der Waals surface area (Å²) in [6.07, 6.45) is 1.81. The van der Waals surface area contributed by atoms with Crippen molar-refractivity contribution in [1.82, 2.24) is 4.90 Å². The molecular formula is C26H25NO4S. The summed E-state index contributed by atoms with van der Waals surface area (Å²) in [7, 11) is 5.14. The van der Waals surface area contributed by atoms with Gasteiger partial charge in [0, 0.05) is 27.9 Å². The number of esters is 1. The van der Waals surface area contributed by atoms with E-state index in [2.05, 4.69) is 30.1 Å². The number of methoxy groups -OCH3 is 2. The van der Waals surface area contributed by atoms with E-state index in [-0.39, 0.29) is 17.8 Å². The SMILES string of the molecule is COC(=O)c1ccccc1Sc1cc2c3c(c1)-c1c(ccc(OC)c1O)C[C@H]3N(C)CC2.